The van der Waals surface area contributed by atoms with Gasteiger partial charge in [-0.05, 0) is 21.0 Å². The molecular formula is C8H12F3N3. The molecule has 0 aliphatic carbocycles. The quantitative estimate of drug-likeness (QED) is 0.801. The highest BCUT2D eigenvalue weighted by atomic mass is 19.4. The summed E-state index contributed by atoms with van der Waals surface area (Å²) >= 11 is 0. The van der Waals surface area contributed by atoms with E-state index in [1.54, 1.807) is 25.9 Å². The van der Waals surface area contributed by atoms with Crippen molar-refractivity contribution in [2.75, 3.05) is 14.1 Å². The predicted octanol–water partition coefficient (Wildman–Crippen LogP) is 1.80. The Kier molecular flexibility index (Phi) is 2.84. The zero-order valence-corrected chi connectivity index (χ0v) is 8.24. The number of alkyl halides is 3. The first-order valence-electron chi connectivity index (χ1n) is 4.08. The standard InChI is InChI=1S/C8H12F3N3/c1-5-6(4-14(2)3)7(13-12-5)8(9,10)11/h4H2,1-3H3,(H,12,13). The van der Waals surface area contributed by atoms with Gasteiger partial charge in [0.2, 0.25) is 0 Å². The lowest BCUT2D eigenvalue weighted by Crippen LogP contribution is -2.16. The van der Waals surface area contributed by atoms with Crippen LogP contribution in [-0.2, 0) is 12.7 Å². The average molecular weight is 207 g/mol. The summed E-state index contributed by atoms with van der Waals surface area (Å²) in [5.74, 6) is 0. The number of aromatic amines is 1. The van der Waals surface area contributed by atoms with E-state index in [-0.39, 0.29) is 12.1 Å². The van der Waals surface area contributed by atoms with E-state index >= 15 is 0 Å². The summed E-state index contributed by atoms with van der Waals surface area (Å²) in [6, 6.07) is 0. The van der Waals surface area contributed by atoms with Gasteiger partial charge in [-0.1, -0.05) is 0 Å². The number of rotatable bonds is 2. The Morgan fingerprint density at radius 3 is 2.36 bits per heavy atom. The van der Waals surface area contributed by atoms with E-state index in [4.69, 9.17) is 0 Å². The summed E-state index contributed by atoms with van der Waals surface area (Å²) in [4.78, 5) is 1.67. The summed E-state index contributed by atoms with van der Waals surface area (Å²) in [7, 11) is 3.43. The number of aryl methyl sites for hydroxylation is 1. The fourth-order valence-electron chi connectivity index (χ4n) is 1.20. The maximum absolute atomic E-state index is 12.4. The molecule has 0 saturated heterocycles. The smallest absolute Gasteiger partial charge is 0.305 e. The Morgan fingerprint density at radius 2 is 1.93 bits per heavy atom. The summed E-state index contributed by atoms with van der Waals surface area (Å²) < 4.78 is 37.2. The molecule has 0 atom stereocenters. The highest BCUT2D eigenvalue weighted by molar-refractivity contribution is 5.26. The first-order chi connectivity index (χ1) is 6.32. The van der Waals surface area contributed by atoms with Crippen LogP contribution in [0.1, 0.15) is 17.0 Å². The minimum Gasteiger partial charge on any atom is -0.305 e. The van der Waals surface area contributed by atoms with Crippen LogP contribution in [0.25, 0.3) is 0 Å². The van der Waals surface area contributed by atoms with Crippen molar-refractivity contribution in [3.05, 3.63) is 17.0 Å². The molecule has 0 unspecified atom stereocenters. The lowest BCUT2D eigenvalue weighted by molar-refractivity contribution is -0.142. The lowest BCUT2D eigenvalue weighted by atomic mass is 10.2. The molecule has 1 N–H and O–H groups in total. The highest BCUT2D eigenvalue weighted by Crippen LogP contribution is 2.31. The van der Waals surface area contributed by atoms with Crippen molar-refractivity contribution < 1.29 is 13.2 Å². The van der Waals surface area contributed by atoms with Crippen molar-refractivity contribution in [2.24, 2.45) is 0 Å². The van der Waals surface area contributed by atoms with Gasteiger partial charge in [-0.3, -0.25) is 5.10 Å². The monoisotopic (exact) mass is 207 g/mol. The van der Waals surface area contributed by atoms with Gasteiger partial charge in [0.05, 0.1) is 0 Å². The molecule has 14 heavy (non-hydrogen) atoms. The van der Waals surface area contributed by atoms with E-state index in [1.807, 2.05) is 0 Å². The first kappa shape index (κ1) is 11.0. The fraction of sp³-hybridized carbons (Fsp3) is 0.625. The first-order valence-corrected chi connectivity index (χ1v) is 4.08. The van der Waals surface area contributed by atoms with Gasteiger partial charge < -0.3 is 4.90 Å². The van der Waals surface area contributed by atoms with Crippen molar-refractivity contribution in [1.82, 2.24) is 15.1 Å². The van der Waals surface area contributed by atoms with Crippen molar-refractivity contribution in [3.63, 3.8) is 0 Å². The van der Waals surface area contributed by atoms with E-state index in [0.29, 0.717) is 5.69 Å². The molecule has 0 spiro atoms. The third-order valence-corrected chi connectivity index (χ3v) is 1.82. The highest BCUT2D eigenvalue weighted by Gasteiger charge is 2.37. The second-order valence-electron chi connectivity index (χ2n) is 3.41. The molecule has 1 aromatic rings. The van der Waals surface area contributed by atoms with Gasteiger partial charge in [-0.15, -0.1) is 0 Å². The molecule has 0 aromatic carbocycles. The van der Waals surface area contributed by atoms with Crippen LogP contribution in [0.15, 0.2) is 0 Å². The van der Waals surface area contributed by atoms with E-state index in [9.17, 15) is 13.2 Å². The third-order valence-electron chi connectivity index (χ3n) is 1.82. The SMILES string of the molecule is Cc1[nH]nc(C(F)(F)F)c1CN(C)C. The Balaban J connectivity index is 3.06. The largest absolute Gasteiger partial charge is 0.435 e. The summed E-state index contributed by atoms with van der Waals surface area (Å²) in [5.41, 5.74) is -0.141. The number of H-pyrrole nitrogens is 1. The van der Waals surface area contributed by atoms with Crippen molar-refractivity contribution in [2.45, 2.75) is 19.6 Å². The molecule has 0 radical (unpaired) electrons. The molecule has 1 aromatic heterocycles. The van der Waals surface area contributed by atoms with Crippen LogP contribution in [0.2, 0.25) is 0 Å². The number of hydrogen-bond acceptors (Lipinski definition) is 2. The van der Waals surface area contributed by atoms with Gasteiger partial charge >= 0.3 is 6.18 Å². The van der Waals surface area contributed by atoms with E-state index in [0.717, 1.165) is 0 Å². The van der Waals surface area contributed by atoms with E-state index in [1.165, 1.54) is 0 Å². The second-order valence-corrected chi connectivity index (χ2v) is 3.41. The number of hydrogen-bond donors (Lipinski definition) is 1. The molecule has 80 valence electrons. The number of aromatic nitrogens is 2. The van der Waals surface area contributed by atoms with Crippen LogP contribution in [0.5, 0.6) is 0 Å². The van der Waals surface area contributed by atoms with Gasteiger partial charge in [0, 0.05) is 17.8 Å². The van der Waals surface area contributed by atoms with Crippen LogP contribution in [0, 0.1) is 6.92 Å². The van der Waals surface area contributed by atoms with Crippen LogP contribution < -0.4 is 0 Å². The minimum atomic E-state index is -4.38. The summed E-state index contributed by atoms with van der Waals surface area (Å²) in [6.07, 6.45) is -4.38. The van der Waals surface area contributed by atoms with Gasteiger partial charge in [-0.25, -0.2) is 0 Å². The molecule has 0 amide bonds. The number of halogens is 3. The van der Waals surface area contributed by atoms with Crippen LogP contribution in [0.4, 0.5) is 13.2 Å². The maximum Gasteiger partial charge on any atom is 0.435 e. The third kappa shape index (κ3) is 2.25. The Hall–Kier alpha value is -1.04. The number of nitrogens with zero attached hydrogens (tertiary/aromatic N) is 2. The van der Waals surface area contributed by atoms with Gasteiger partial charge in [0.1, 0.15) is 0 Å². The minimum absolute atomic E-state index is 0.211. The summed E-state index contributed by atoms with van der Waals surface area (Å²) in [5, 5.41) is 5.62. The van der Waals surface area contributed by atoms with Crippen molar-refractivity contribution in [1.29, 1.82) is 0 Å². The lowest BCUT2D eigenvalue weighted by Gasteiger charge is -2.11. The summed E-state index contributed by atoms with van der Waals surface area (Å²) in [6.45, 7) is 1.82. The number of nitrogens with one attached hydrogen (secondary N) is 1. The normalized spacial score (nSPS) is 12.5. The van der Waals surface area contributed by atoms with Gasteiger partial charge in [-0.2, -0.15) is 18.3 Å². The molecule has 1 rings (SSSR count). The van der Waals surface area contributed by atoms with E-state index < -0.39 is 11.9 Å². The topological polar surface area (TPSA) is 31.9 Å². The molecular weight excluding hydrogens is 195 g/mol. The molecule has 1 heterocycles. The van der Waals surface area contributed by atoms with Crippen LogP contribution >= 0.6 is 0 Å². The molecule has 0 aliphatic rings. The molecule has 6 heteroatoms. The molecule has 0 saturated carbocycles. The van der Waals surface area contributed by atoms with E-state index in [2.05, 4.69) is 10.2 Å². The van der Waals surface area contributed by atoms with Crippen molar-refractivity contribution in [3.8, 4) is 0 Å². The molecule has 0 bridgehead atoms. The molecule has 3 nitrogen and oxygen atoms in total. The molecule has 0 aliphatic heterocycles. The average Bonchev–Trinajstić information content (AvgIpc) is 2.30. The second kappa shape index (κ2) is 3.61. The Bertz CT molecular complexity index is 314. The zero-order valence-electron chi connectivity index (χ0n) is 8.24. The van der Waals surface area contributed by atoms with Crippen molar-refractivity contribution >= 4 is 0 Å². The van der Waals surface area contributed by atoms with Gasteiger partial charge in [0.25, 0.3) is 0 Å². The zero-order chi connectivity index (χ0) is 10.9. The maximum atomic E-state index is 12.4. The van der Waals surface area contributed by atoms with Gasteiger partial charge in [0.15, 0.2) is 5.69 Å². The predicted molar refractivity (Wildman–Crippen MR) is 45.7 cm³/mol. The van der Waals surface area contributed by atoms with Crippen LogP contribution in [0.3, 0.4) is 0 Å². The van der Waals surface area contributed by atoms with Crippen LogP contribution in [-0.4, -0.2) is 29.2 Å². The Labute approximate surface area is 79.9 Å². The molecule has 0 fully saturated rings. The fourth-order valence-corrected chi connectivity index (χ4v) is 1.20. The Morgan fingerprint density at radius 1 is 1.36 bits per heavy atom.